The number of nitrogens with zero attached hydrogens (tertiary/aromatic N) is 2. The van der Waals surface area contributed by atoms with Crippen LogP contribution in [0.2, 0.25) is 0 Å². The molecule has 0 saturated carbocycles. The molecule has 0 aliphatic carbocycles. The quantitative estimate of drug-likeness (QED) is 0.482. The van der Waals surface area contributed by atoms with E-state index in [9.17, 15) is 19.5 Å². The molecule has 0 aliphatic heterocycles. The Morgan fingerprint density at radius 1 is 1.00 bits per heavy atom. The zero-order valence-corrected chi connectivity index (χ0v) is 17.6. The second kappa shape index (κ2) is 9.88. The standard InChI is InChI=1S/C23H26N4O4/c1-15(2)14-27-23(31)19-10-4-3-9-18(19)20(26-27)22(30)25-12-6-11-24-21(29)16-7-5-8-17(28)13-16/h3-5,7-10,13,15,28H,6,11-12,14H2,1-2H3,(H,24,29)(H,25,30). The Labute approximate surface area is 179 Å². The van der Waals surface area contributed by atoms with Crippen molar-refractivity contribution in [1.82, 2.24) is 20.4 Å². The minimum atomic E-state index is -0.368. The average Bonchev–Trinajstić information content (AvgIpc) is 2.75. The van der Waals surface area contributed by atoms with Gasteiger partial charge in [0, 0.05) is 30.6 Å². The van der Waals surface area contributed by atoms with Crippen LogP contribution < -0.4 is 16.2 Å². The lowest BCUT2D eigenvalue weighted by Gasteiger charge is -2.13. The number of benzene rings is 2. The fourth-order valence-corrected chi connectivity index (χ4v) is 3.20. The first-order valence-electron chi connectivity index (χ1n) is 10.2. The summed E-state index contributed by atoms with van der Waals surface area (Å²) >= 11 is 0. The van der Waals surface area contributed by atoms with Gasteiger partial charge >= 0.3 is 0 Å². The van der Waals surface area contributed by atoms with Gasteiger partial charge in [-0.05, 0) is 36.6 Å². The van der Waals surface area contributed by atoms with Gasteiger partial charge in [-0.15, -0.1) is 0 Å². The van der Waals surface area contributed by atoms with Crippen molar-refractivity contribution in [3.63, 3.8) is 0 Å². The number of rotatable bonds is 8. The number of fused-ring (bicyclic) bond motifs is 1. The summed E-state index contributed by atoms with van der Waals surface area (Å²) in [4.78, 5) is 37.5. The molecule has 162 valence electrons. The highest BCUT2D eigenvalue weighted by molar-refractivity contribution is 6.04. The molecule has 0 saturated heterocycles. The summed E-state index contributed by atoms with van der Waals surface area (Å²) in [5.74, 6) is -0.431. The number of aromatic nitrogens is 2. The smallest absolute Gasteiger partial charge is 0.274 e. The second-order valence-electron chi connectivity index (χ2n) is 7.69. The molecule has 8 heteroatoms. The van der Waals surface area contributed by atoms with Gasteiger partial charge < -0.3 is 15.7 Å². The lowest BCUT2D eigenvalue weighted by atomic mass is 10.1. The molecule has 1 heterocycles. The van der Waals surface area contributed by atoms with Gasteiger partial charge in [0.05, 0.1) is 5.39 Å². The number of phenols is 1. The van der Waals surface area contributed by atoms with E-state index in [4.69, 9.17) is 0 Å². The highest BCUT2D eigenvalue weighted by Crippen LogP contribution is 2.14. The lowest BCUT2D eigenvalue weighted by Crippen LogP contribution is -2.33. The van der Waals surface area contributed by atoms with Crippen molar-refractivity contribution in [2.24, 2.45) is 5.92 Å². The van der Waals surface area contributed by atoms with Crippen molar-refractivity contribution in [3.8, 4) is 5.75 Å². The molecule has 0 unspecified atom stereocenters. The van der Waals surface area contributed by atoms with Crippen LogP contribution in [0.4, 0.5) is 0 Å². The van der Waals surface area contributed by atoms with Crippen molar-refractivity contribution >= 4 is 22.6 Å². The minimum Gasteiger partial charge on any atom is -0.508 e. The monoisotopic (exact) mass is 422 g/mol. The maximum Gasteiger partial charge on any atom is 0.274 e. The molecule has 8 nitrogen and oxygen atoms in total. The van der Waals surface area contributed by atoms with Crippen LogP contribution in [-0.2, 0) is 6.54 Å². The molecule has 2 amide bonds. The van der Waals surface area contributed by atoms with Crippen LogP contribution >= 0.6 is 0 Å². The van der Waals surface area contributed by atoms with Crippen LogP contribution in [0, 0.1) is 5.92 Å². The maximum atomic E-state index is 12.8. The van der Waals surface area contributed by atoms with E-state index in [1.165, 1.54) is 16.8 Å². The van der Waals surface area contributed by atoms with Crippen molar-refractivity contribution < 1.29 is 14.7 Å². The number of hydrogen-bond acceptors (Lipinski definition) is 5. The maximum absolute atomic E-state index is 12.8. The molecule has 0 bridgehead atoms. The highest BCUT2D eigenvalue weighted by Gasteiger charge is 2.16. The van der Waals surface area contributed by atoms with Crippen molar-refractivity contribution in [3.05, 3.63) is 70.1 Å². The zero-order chi connectivity index (χ0) is 22.4. The average molecular weight is 422 g/mol. The number of carbonyl (C=O) groups is 2. The topological polar surface area (TPSA) is 113 Å². The molecular formula is C23H26N4O4. The Bertz CT molecular complexity index is 1150. The van der Waals surface area contributed by atoms with E-state index >= 15 is 0 Å². The first kappa shape index (κ1) is 22.0. The molecule has 31 heavy (non-hydrogen) atoms. The van der Waals surface area contributed by atoms with Crippen molar-refractivity contribution in [1.29, 1.82) is 0 Å². The fourth-order valence-electron chi connectivity index (χ4n) is 3.20. The van der Waals surface area contributed by atoms with Gasteiger partial charge in [0.2, 0.25) is 0 Å². The van der Waals surface area contributed by atoms with Gasteiger partial charge in [-0.1, -0.05) is 38.1 Å². The van der Waals surface area contributed by atoms with E-state index in [1.807, 2.05) is 13.8 Å². The van der Waals surface area contributed by atoms with E-state index in [0.29, 0.717) is 42.4 Å². The molecule has 0 atom stereocenters. The molecule has 0 aliphatic rings. The fraction of sp³-hybridized carbons (Fsp3) is 0.304. The SMILES string of the molecule is CC(C)Cn1nc(C(=O)NCCCNC(=O)c2cccc(O)c2)c2ccccc2c1=O. The van der Waals surface area contributed by atoms with Gasteiger partial charge in [-0.25, -0.2) is 4.68 Å². The largest absolute Gasteiger partial charge is 0.508 e. The van der Waals surface area contributed by atoms with E-state index in [-0.39, 0.29) is 34.7 Å². The third-order valence-corrected chi connectivity index (χ3v) is 4.65. The van der Waals surface area contributed by atoms with Crippen molar-refractivity contribution in [2.75, 3.05) is 13.1 Å². The van der Waals surface area contributed by atoms with E-state index in [1.54, 1.807) is 36.4 Å². The molecular weight excluding hydrogens is 396 g/mol. The predicted octanol–water partition coefficient (Wildman–Crippen LogP) is 2.31. The van der Waals surface area contributed by atoms with Gasteiger partial charge in [-0.3, -0.25) is 14.4 Å². The van der Waals surface area contributed by atoms with Crippen LogP contribution in [-0.4, -0.2) is 39.8 Å². The molecule has 0 fully saturated rings. The summed E-state index contributed by atoms with van der Waals surface area (Å²) in [5.41, 5.74) is 0.363. The highest BCUT2D eigenvalue weighted by atomic mass is 16.3. The van der Waals surface area contributed by atoms with E-state index in [0.717, 1.165) is 0 Å². The molecule has 3 aromatic rings. The first-order chi connectivity index (χ1) is 14.9. The number of hydrogen-bond donors (Lipinski definition) is 3. The summed E-state index contributed by atoms with van der Waals surface area (Å²) in [6.45, 7) is 5.07. The Kier molecular flexibility index (Phi) is 7.02. The third kappa shape index (κ3) is 5.48. The molecule has 3 N–H and O–H groups in total. The van der Waals surface area contributed by atoms with Crippen LogP contribution in [0.15, 0.2) is 53.3 Å². The Hall–Kier alpha value is -3.68. The molecule has 3 rings (SSSR count). The summed E-state index contributed by atoms with van der Waals surface area (Å²) in [6.07, 6.45) is 0.514. The second-order valence-corrected chi connectivity index (χ2v) is 7.69. The van der Waals surface area contributed by atoms with Gasteiger partial charge in [0.25, 0.3) is 17.4 Å². The van der Waals surface area contributed by atoms with Crippen LogP contribution in [0.5, 0.6) is 5.75 Å². The Morgan fingerprint density at radius 2 is 1.68 bits per heavy atom. The van der Waals surface area contributed by atoms with E-state index in [2.05, 4.69) is 15.7 Å². The minimum absolute atomic E-state index is 0.0263. The lowest BCUT2D eigenvalue weighted by molar-refractivity contribution is 0.0947. The third-order valence-electron chi connectivity index (χ3n) is 4.65. The van der Waals surface area contributed by atoms with Crippen LogP contribution in [0.3, 0.4) is 0 Å². The number of nitrogens with one attached hydrogen (secondary N) is 2. The number of aromatic hydroxyl groups is 1. The zero-order valence-electron chi connectivity index (χ0n) is 17.6. The van der Waals surface area contributed by atoms with Crippen molar-refractivity contribution in [2.45, 2.75) is 26.8 Å². The molecule has 2 aromatic carbocycles. The van der Waals surface area contributed by atoms with E-state index < -0.39 is 0 Å². The van der Waals surface area contributed by atoms with Gasteiger partial charge in [0.1, 0.15) is 5.75 Å². The van der Waals surface area contributed by atoms with Gasteiger partial charge in [-0.2, -0.15) is 5.10 Å². The Morgan fingerprint density at radius 3 is 2.35 bits per heavy atom. The summed E-state index contributed by atoms with van der Waals surface area (Å²) in [6, 6.07) is 13.0. The molecule has 1 aromatic heterocycles. The van der Waals surface area contributed by atoms with Crippen LogP contribution in [0.1, 0.15) is 41.1 Å². The number of carbonyl (C=O) groups excluding carboxylic acids is 2. The summed E-state index contributed by atoms with van der Waals surface area (Å²) < 4.78 is 1.34. The van der Waals surface area contributed by atoms with Crippen LogP contribution in [0.25, 0.3) is 10.8 Å². The summed E-state index contributed by atoms with van der Waals surface area (Å²) in [7, 11) is 0. The first-order valence-corrected chi connectivity index (χ1v) is 10.2. The number of amides is 2. The molecule has 0 radical (unpaired) electrons. The predicted molar refractivity (Wildman–Crippen MR) is 118 cm³/mol. The Balaban J connectivity index is 1.62. The number of phenolic OH excluding ortho intramolecular Hbond substituents is 1. The normalized spacial score (nSPS) is 10.9. The van der Waals surface area contributed by atoms with Gasteiger partial charge in [0.15, 0.2) is 5.69 Å². The summed E-state index contributed by atoms with van der Waals surface area (Å²) in [5, 5.41) is 20.3. The molecule has 0 spiro atoms.